The van der Waals surface area contributed by atoms with Crippen LogP contribution < -0.4 is 0 Å². The van der Waals surface area contributed by atoms with Gasteiger partial charge >= 0.3 is 5.97 Å². The zero-order valence-corrected chi connectivity index (χ0v) is 22.8. The van der Waals surface area contributed by atoms with E-state index in [9.17, 15) is 18.0 Å². The Balaban J connectivity index is 1.67. The van der Waals surface area contributed by atoms with Crippen LogP contribution in [0, 0.1) is 13.8 Å². The molecule has 0 spiro atoms. The minimum absolute atomic E-state index is 0.0279. The first-order valence-electron chi connectivity index (χ1n) is 12.0. The maximum atomic E-state index is 13.6. The minimum atomic E-state index is -3.86. The molecule has 0 bridgehead atoms. The quantitative estimate of drug-likeness (QED) is 0.310. The molecule has 0 saturated heterocycles. The first kappa shape index (κ1) is 27.1. The van der Waals surface area contributed by atoms with E-state index in [1.165, 1.54) is 22.4 Å². The molecule has 9 heteroatoms. The molecule has 8 nitrogen and oxygen atoms in total. The number of carbonyl (C=O) groups is 2. The fourth-order valence-electron chi connectivity index (χ4n) is 4.15. The lowest BCUT2D eigenvalue weighted by molar-refractivity contribution is -0.136. The molecule has 1 aliphatic heterocycles. The van der Waals surface area contributed by atoms with Gasteiger partial charge in [-0.05, 0) is 56.7 Å². The van der Waals surface area contributed by atoms with Crippen molar-refractivity contribution in [3.63, 3.8) is 0 Å². The number of furan rings is 1. The molecule has 0 N–H and O–H groups in total. The number of likely N-dealkylation sites (N-methyl/N-ethyl adjacent to an activating group) is 1. The maximum absolute atomic E-state index is 13.6. The second-order valence-electron chi connectivity index (χ2n) is 9.25. The molecule has 2 aromatic carbocycles. The van der Waals surface area contributed by atoms with Gasteiger partial charge in [0.1, 0.15) is 11.5 Å². The van der Waals surface area contributed by atoms with Crippen molar-refractivity contribution in [2.45, 2.75) is 38.8 Å². The van der Waals surface area contributed by atoms with Gasteiger partial charge in [0.15, 0.2) is 0 Å². The van der Waals surface area contributed by atoms with E-state index in [0.717, 1.165) is 16.7 Å². The van der Waals surface area contributed by atoms with Gasteiger partial charge in [-0.25, -0.2) is 13.2 Å². The van der Waals surface area contributed by atoms with Gasteiger partial charge in [0.05, 0.1) is 29.7 Å². The number of nitrogens with zero attached hydrogens (tertiary/aromatic N) is 2. The third kappa shape index (κ3) is 5.49. The largest absolute Gasteiger partial charge is 0.465 e. The Bertz CT molecular complexity index is 1530. The van der Waals surface area contributed by atoms with E-state index in [0.29, 0.717) is 17.2 Å². The van der Waals surface area contributed by atoms with Crippen molar-refractivity contribution >= 4 is 28.0 Å². The van der Waals surface area contributed by atoms with Crippen molar-refractivity contribution in [3.05, 3.63) is 106 Å². The fourth-order valence-corrected chi connectivity index (χ4v) is 5.55. The summed E-state index contributed by atoms with van der Waals surface area (Å²) in [6.45, 7) is 5.65. The molecular formula is C29H30N2O6S. The molecule has 0 fully saturated rings. The van der Waals surface area contributed by atoms with Gasteiger partial charge in [-0.15, -0.1) is 0 Å². The first-order valence-corrected chi connectivity index (χ1v) is 13.5. The molecule has 3 aromatic rings. The van der Waals surface area contributed by atoms with Gasteiger partial charge in [-0.2, -0.15) is 4.31 Å². The summed E-state index contributed by atoms with van der Waals surface area (Å²) >= 11 is 0. The standard InChI is InChI=1S/C29H30N2O6S/c1-19-6-10-22(11-7-19)17-31(38(34,35)25-14-8-20(2)9-15-25)18-24-13-12-23(37-24)16-26-27(29(33)36-5)21(3)30(4)28(26)32/h6-16H,17-18H2,1-5H3/b26-16+. The highest BCUT2D eigenvalue weighted by molar-refractivity contribution is 7.89. The SMILES string of the molecule is COC(=O)C1=C(C)N(C)C(=O)/C1=C/c1ccc(CN(Cc2ccc(C)cc2)S(=O)(=O)c2ccc(C)cc2)o1. The summed E-state index contributed by atoms with van der Waals surface area (Å²) in [7, 11) is -1.02. The number of rotatable bonds is 8. The van der Waals surface area contributed by atoms with E-state index in [1.54, 1.807) is 50.4 Å². The van der Waals surface area contributed by atoms with E-state index in [2.05, 4.69) is 0 Å². The van der Waals surface area contributed by atoms with Gasteiger partial charge in [-0.1, -0.05) is 47.5 Å². The number of allylic oxidation sites excluding steroid dienone is 1. The van der Waals surface area contributed by atoms with Crippen molar-refractivity contribution < 1.29 is 27.2 Å². The van der Waals surface area contributed by atoms with Crippen molar-refractivity contribution in [2.24, 2.45) is 0 Å². The molecule has 0 atom stereocenters. The van der Waals surface area contributed by atoms with Crippen LogP contribution in [0.15, 0.2) is 86.8 Å². The number of hydrogen-bond donors (Lipinski definition) is 0. The summed E-state index contributed by atoms with van der Waals surface area (Å²) in [5.74, 6) is -0.273. The van der Waals surface area contributed by atoms with Crippen LogP contribution in [-0.2, 0) is 37.4 Å². The number of ether oxygens (including phenoxy) is 1. The Labute approximate surface area is 222 Å². The van der Waals surface area contributed by atoms with Crippen LogP contribution in [0.3, 0.4) is 0 Å². The molecule has 198 valence electrons. The summed E-state index contributed by atoms with van der Waals surface area (Å²) in [6, 6.07) is 17.7. The lowest BCUT2D eigenvalue weighted by Crippen LogP contribution is -2.30. The van der Waals surface area contributed by atoms with Crippen molar-refractivity contribution in [2.75, 3.05) is 14.2 Å². The third-order valence-corrected chi connectivity index (χ3v) is 8.30. The lowest BCUT2D eigenvalue weighted by atomic mass is 10.1. The molecule has 0 saturated carbocycles. The number of methoxy groups -OCH3 is 1. The second-order valence-corrected chi connectivity index (χ2v) is 11.2. The van der Waals surface area contributed by atoms with Crippen LogP contribution in [0.4, 0.5) is 0 Å². The van der Waals surface area contributed by atoms with Crippen LogP contribution in [0.1, 0.15) is 35.1 Å². The van der Waals surface area contributed by atoms with E-state index < -0.39 is 16.0 Å². The number of amides is 1. The Hall–Kier alpha value is -3.95. The number of hydrogen-bond acceptors (Lipinski definition) is 6. The van der Waals surface area contributed by atoms with Crippen LogP contribution >= 0.6 is 0 Å². The minimum Gasteiger partial charge on any atom is -0.465 e. The summed E-state index contributed by atoms with van der Waals surface area (Å²) in [5, 5.41) is 0. The topological polar surface area (TPSA) is 97.1 Å². The lowest BCUT2D eigenvalue weighted by Gasteiger charge is -2.21. The number of aryl methyl sites for hydroxylation is 2. The number of benzene rings is 2. The van der Waals surface area contributed by atoms with Gasteiger partial charge < -0.3 is 14.1 Å². The molecule has 1 amide bonds. The molecule has 2 heterocycles. The predicted octanol–water partition coefficient (Wildman–Crippen LogP) is 4.59. The highest BCUT2D eigenvalue weighted by atomic mass is 32.2. The average molecular weight is 535 g/mol. The summed E-state index contributed by atoms with van der Waals surface area (Å²) in [5.41, 5.74) is 3.67. The zero-order chi connectivity index (χ0) is 27.6. The molecule has 0 aliphatic carbocycles. The molecule has 0 radical (unpaired) electrons. The maximum Gasteiger partial charge on any atom is 0.340 e. The molecular weight excluding hydrogens is 504 g/mol. The number of carbonyl (C=O) groups excluding carboxylic acids is 2. The third-order valence-electron chi connectivity index (χ3n) is 6.50. The molecule has 0 unspecified atom stereocenters. The molecule has 38 heavy (non-hydrogen) atoms. The van der Waals surface area contributed by atoms with E-state index in [-0.39, 0.29) is 35.0 Å². The van der Waals surface area contributed by atoms with Crippen LogP contribution in [0.2, 0.25) is 0 Å². The average Bonchev–Trinajstić information content (AvgIpc) is 3.42. The van der Waals surface area contributed by atoms with Crippen molar-refractivity contribution in [1.82, 2.24) is 9.21 Å². The summed E-state index contributed by atoms with van der Waals surface area (Å²) in [4.78, 5) is 26.6. The van der Waals surface area contributed by atoms with Crippen LogP contribution in [-0.4, -0.2) is 43.7 Å². The van der Waals surface area contributed by atoms with Gasteiger partial charge in [0.25, 0.3) is 5.91 Å². The fraction of sp³-hybridized carbons (Fsp3) is 0.241. The molecule has 4 rings (SSSR count). The Morgan fingerprint density at radius 3 is 2.16 bits per heavy atom. The summed E-state index contributed by atoms with van der Waals surface area (Å²) in [6.07, 6.45) is 1.48. The Morgan fingerprint density at radius 1 is 0.947 bits per heavy atom. The molecule has 1 aromatic heterocycles. The number of sulfonamides is 1. The highest BCUT2D eigenvalue weighted by Gasteiger charge is 2.35. The smallest absolute Gasteiger partial charge is 0.340 e. The van der Waals surface area contributed by atoms with E-state index in [1.807, 2.05) is 38.1 Å². The number of esters is 1. The monoisotopic (exact) mass is 534 g/mol. The van der Waals surface area contributed by atoms with Gasteiger partial charge in [0, 0.05) is 19.3 Å². The van der Waals surface area contributed by atoms with Crippen molar-refractivity contribution in [3.8, 4) is 0 Å². The molecule has 1 aliphatic rings. The van der Waals surface area contributed by atoms with Crippen molar-refractivity contribution in [1.29, 1.82) is 0 Å². The van der Waals surface area contributed by atoms with E-state index in [4.69, 9.17) is 9.15 Å². The van der Waals surface area contributed by atoms with Gasteiger partial charge in [0.2, 0.25) is 10.0 Å². The summed E-state index contributed by atoms with van der Waals surface area (Å²) < 4.78 is 39.4. The predicted molar refractivity (Wildman–Crippen MR) is 143 cm³/mol. The zero-order valence-electron chi connectivity index (χ0n) is 22.0. The highest BCUT2D eigenvalue weighted by Crippen LogP contribution is 2.31. The second kappa shape index (κ2) is 10.8. The Kier molecular flexibility index (Phi) is 7.71. The normalized spacial score (nSPS) is 15.2. The van der Waals surface area contributed by atoms with Crippen LogP contribution in [0.5, 0.6) is 0 Å². The Morgan fingerprint density at radius 2 is 1.55 bits per heavy atom. The van der Waals surface area contributed by atoms with Gasteiger partial charge in [-0.3, -0.25) is 4.79 Å². The first-order chi connectivity index (χ1) is 18.0. The van der Waals surface area contributed by atoms with E-state index >= 15 is 0 Å². The van der Waals surface area contributed by atoms with Crippen LogP contribution in [0.25, 0.3) is 6.08 Å².